The highest BCUT2D eigenvalue weighted by Gasteiger charge is 2.23. The molecule has 1 aromatic rings. The van der Waals surface area contributed by atoms with Crippen LogP contribution in [0.3, 0.4) is 0 Å². The molecule has 70 valence electrons. The molecule has 0 unspecified atom stereocenters. The van der Waals surface area contributed by atoms with E-state index in [2.05, 4.69) is 32.0 Å². The van der Waals surface area contributed by atoms with E-state index in [-0.39, 0.29) is 12.1 Å². The van der Waals surface area contributed by atoms with Crippen LogP contribution in [0.2, 0.25) is 0 Å². The third kappa shape index (κ3) is 1.36. The molecule has 2 rings (SSSR count). The summed E-state index contributed by atoms with van der Waals surface area (Å²) in [4.78, 5) is 0. The minimum atomic E-state index is 0.0473. The van der Waals surface area contributed by atoms with Crippen LogP contribution in [0.15, 0.2) is 18.2 Å². The van der Waals surface area contributed by atoms with Crippen LogP contribution in [0.4, 0.5) is 0 Å². The fourth-order valence-electron chi connectivity index (χ4n) is 2.00. The molecule has 2 heteroatoms. The van der Waals surface area contributed by atoms with Crippen molar-refractivity contribution in [2.24, 2.45) is 5.73 Å². The highest BCUT2D eigenvalue weighted by Crippen LogP contribution is 2.32. The normalized spacial score (nSPS) is 27.0. The molecule has 0 radical (unpaired) electrons. The molecule has 2 atom stereocenters. The van der Waals surface area contributed by atoms with Gasteiger partial charge in [-0.25, -0.2) is 0 Å². The molecule has 2 nitrogen and oxygen atoms in total. The number of benzene rings is 1. The summed E-state index contributed by atoms with van der Waals surface area (Å²) in [6, 6.07) is 6.32. The SMILES string of the molecule is Cc1cccc2c1[C@H](C)OC[C@@H]2N. The zero-order chi connectivity index (χ0) is 9.42. The number of hydrogen-bond acceptors (Lipinski definition) is 2. The Morgan fingerprint density at radius 1 is 1.46 bits per heavy atom. The summed E-state index contributed by atoms with van der Waals surface area (Å²) in [5.41, 5.74) is 9.76. The van der Waals surface area contributed by atoms with E-state index in [4.69, 9.17) is 10.5 Å². The van der Waals surface area contributed by atoms with Gasteiger partial charge in [0.2, 0.25) is 0 Å². The van der Waals surface area contributed by atoms with Crippen molar-refractivity contribution in [2.75, 3.05) is 6.61 Å². The Bertz CT molecular complexity index is 322. The molecule has 0 fully saturated rings. The van der Waals surface area contributed by atoms with E-state index in [1.165, 1.54) is 16.7 Å². The average molecular weight is 177 g/mol. The van der Waals surface area contributed by atoms with Crippen molar-refractivity contribution in [3.8, 4) is 0 Å². The molecule has 0 saturated heterocycles. The minimum absolute atomic E-state index is 0.0473. The Morgan fingerprint density at radius 3 is 2.92 bits per heavy atom. The molecule has 0 aromatic heterocycles. The predicted molar refractivity (Wildman–Crippen MR) is 52.5 cm³/mol. The van der Waals surface area contributed by atoms with Crippen molar-refractivity contribution in [1.82, 2.24) is 0 Å². The van der Waals surface area contributed by atoms with Gasteiger partial charge in [-0.05, 0) is 30.5 Å². The summed E-state index contributed by atoms with van der Waals surface area (Å²) in [7, 11) is 0. The molecular weight excluding hydrogens is 162 g/mol. The Balaban J connectivity index is 2.56. The maximum absolute atomic E-state index is 5.95. The summed E-state index contributed by atoms with van der Waals surface area (Å²) < 4.78 is 5.57. The van der Waals surface area contributed by atoms with E-state index >= 15 is 0 Å². The van der Waals surface area contributed by atoms with Crippen molar-refractivity contribution in [2.45, 2.75) is 26.0 Å². The molecule has 1 aromatic carbocycles. The van der Waals surface area contributed by atoms with Crippen LogP contribution in [0.1, 0.15) is 35.8 Å². The van der Waals surface area contributed by atoms with Crippen LogP contribution in [-0.4, -0.2) is 6.61 Å². The number of hydrogen-bond donors (Lipinski definition) is 1. The molecular formula is C11H15NO. The summed E-state index contributed by atoms with van der Waals surface area (Å²) in [6.45, 7) is 4.83. The summed E-state index contributed by atoms with van der Waals surface area (Å²) in [6.07, 6.45) is 0.191. The number of rotatable bonds is 0. The molecule has 0 bridgehead atoms. The standard InChI is InChI=1S/C11H15NO/c1-7-4-3-5-9-10(12)6-13-8(2)11(7)9/h3-5,8,10H,6,12H2,1-2H3/t8-,10-/m0/s1. The highest BCUT2D eigenvalue weighted by atomic mass is 16.5. The van der Waals surface area contributed by atoms with Crippen LogP contribution in [-0.2, 0) is 4.74 Å². The second-order valence-electron chi connectivity index (χ2n) is 3.66. The summed E-state index contributed by atoms with van der Waals surface area (Å²) in [5.74, 6) is 0. The highest BCUT2D eigenvalue weighted by molar-refractivity contribution is 5.39. The van der Waals surface area contributed by atoms with E-state index in [1.54, 1.807) is 0 Å². The van der Waals surface area contributed by atoms with E-state index in [1.807, 2.05) is 0 Å². The summed E-state index contributed by atoms with van der Waals surface area (Å²) in [5, 5.41) is 0. The number of aryl methyl sites for hydroxylation is 1. The second kappa shape index (κ2) is 3.13. The first-order chi connectivity index (χ1) is 6.20. The molecule has 0 saturated carbocycles. The molecule has 0 aliphatic carbocycles. The van der Waals surface area contributed by atoms with Gasteiger partial charge in [-0.15, -0.1) is 0 Å². The van der Waals surface area contributed by atoms with Gasteiger partial charge in [-0.3, -0.25) is 0 Å². The first-order valence-corrected chi connectivity index (χ1v) is 4.66. The fraction of sp³-hybridized carbons (Fsp3) is 0.455. The quantitative estimate of drug-likeness (QED) is 0.658. The van der Waals surface area contributed by atoms with Crippen molar-refractivity contribution >= 4 is 0 Å². The van der Waals surface area contributed by atoms with E-state index in [0.717, 1.165) is 0 Å². The van der Waals surface area contributed by atoms with Gasteiger partial charge in [0.25, 0.3) is 0 Å². The topological polar surface area (TPSA) is 35.2 Å². The molecule has 0 amide bonds. The molecule has 1 heterocycles. The number of ether oxygens (including phenoxy) is 1. The van der Waals surface area contributed by atoms with Gasteiger partial charge >= 0.3 is 0 Å². The van der Waals surface area contributed by atoms with Gasteiger partial charge in [-0.1, -0.05) is 18.2 Å². The van der Waals surface area contributed by atoms with Crippen molar-refractivity contribution < 1.29 is 4.74 Å². The van der Waals surface area contributed by atoms with Crippen LogP contribution in [0.25, 0.3) is 0 Å². The third-order valence-electron chi connectivity index (χ3n) is 2.69. The van der Waals surface area contributed by atoms with Crippen LogP contribution >= 0.6 is 0 Å². The second-order valence-corrected chi connectivity index (χ2v) is 3.66. The monoisotopic (exact) mass is 177 g/mol. The molecule has 2 N–H and O–H groups in total. The molecule has 1 aliphatic heterocycles. The van der Waals surface area contributed by atoms with Crippen LogP contribution < -0.4 is 5.73 Å². The zero-order valence-electron chi connectivity index (χ0n) is 8.08. The third-order valence-corrected chi connectivity index (χ3v) is 2.69. The lowest BCUT2D eigenvalue weighted by molar-refractivity contribution is 0.0403. The van der Waals surface area contributed by atoms with E-state index in [0.29, 0.717) is 6.61 Å². The fourth-order valence-corrected chi connectivity index (χ4v) is 2.00. The van der Waals surface area contributed by atoms with Gasteiger partial charge in [-0.2, -0.15) is 0 Å². The van der Waals surface area contributed by atoms with Gasteiger partial charge in [0, 0.05) is 0 Å². The van der Waals surface area contributed by atoms with Crippen molar-refractivity contribution in [3.05, 3.63) is 34.9 Å². The Morgan fingerprint density at radius 2 is 2.23 bits per heavy atom. The first kappa shape index (κ1) is 8.73. The first-order valence-electron chi connectivity index (χ1n) is 4.66. The lowest BCUT2D eigenvalue weighted by Crippen LogP contribution is -2.26. The van der Waals surface area contributed by atoms with Crippen molar-refractivity contribution in [3.63, 3.8) is 0 Å². The molecule has 1 aliphatic rings. The van der Waals surface area contributed by atoms with Crippen molar-refractivity contribution in [1.29, 1.82) is 0 Å². The maximum atomic E-state index is 5.95. The summed E-state index contributed by atoms with van der Waals surface area (Å²) >= 11 is 0. The Hall–Kier alpha value is -0.860. The molecule has 13 heavy (non-hydrogen) atoms. The van der Waals surface area contributed by atoms with Crippen LogP contribution in [0.5, 0.6) is 0 Å². The lowest BCUT2D eigenvalue weighted by atomic mass is 9.92. The minimum Gasteiger partial charge on any atom is -0.372 e. The number of fused-ring (bicyclic) bond motifs is 1. The molecule has 0 spiro atoms. The van der Waals surface area contributed by atoms with Gasteiger partial charge in [0.05, 0.1) is 18.8 Å². The predicted octanol–water partition coefficient (Wildman–Crippen LogP) is 2.09. The zero-order valence-corrected chi connectivity index (χ0v) is 8.08. The lowest BCUT2D eigenvalue weighted by Gasteiger charge is -2.29. The Labute approximate surface area is 78.7 Å². The van der Waals surface area contributed by atoms with E-state index in [9.17, 15) is 0 Å². The maximum Gasteiger partial charge on any atom is 0.0803 e. The smallest absolute Gasteiger partial charge is 0.0803 e. The van der Waals surface area contributed by atoms with E-state index < -0.39 is 0 Å². The average Bonchev–Trinajstić information content (AvgIpc) is 2.12. The number of nitrogens with two attached hydrogens (primary N) is 1. The van der Waals surface area contributed by atoms with Gasteiger partial charge in [0.1, 0.15) is 0 Å². The van der Waals surface area contributed by atoms with Gasteiger partial charge < -0.3 is 10.5 Å². The largest absolute Gasteiger partial charge is 0.372 e. The Kier molecular flexibility index (Phi) is 2.10. The van der Waals surface area contributed by atoms with Crippen LogP contribution in [0, 0.1) is 6.92 Å². The van der Waals surface area contributed by atoms with Gasteiger partial charge in [0.15, 0.2) is 0 Å².